The SMILES string of the molecule is CN=C(NCc1ccc(F)c(CN(C)C)c1)NC1CCCC(C(F)(F)F)C1. The van der Waals surface area contributed by atoms with Gasteiger partial charge in [0, 0.05) is 31.7 Å². The molecule has 0 amide bonds. The molecule has 1 aliphatic carbocycles. The predicted octanol–water partition coefficient (Wildman–Crippen LogP) is 3.67. The monoisotopic (exact) mass is 388 g/mol. The molecule has 152 valence electrons. The lowest BCUT2D eigenvalue weighted by atomic mass is 9.85. The lowest BCUT2D eigenvalue weighted by molar-refractivity contribution is -0.183. The van der Waals surface area contributed by atoms with Gasteiger partial charge in [-0.05, 0) is 51.1 Å². The molecule has 0 aliphatic heterocycles. The number of rotatable bonds is 5. The summed E-state index contributed by atoms with van der Waals surface area (Å²) in [5, 5.41) is 6.20. The first-order valence-electron chi connectivity index (χ1n) is 9.15. The third-order valence-electron chi connectivity index (χ3n) is 4.76. The van der Waals surface area contributed by atoms with E-state index in [1.807, 2.05) is 19.0 Å². The highest BCUT2D eigenvalue weighted by Gasteiger charge is 2.42. The van der Waals surface area contributed by atoms with E-state index in [0.717, 1.165) is 5.56 Å². The van der Waals surface area contributed by atoms with Gasteiger partial charge in [-0.25, -0.2) is 4.39 Å². The number of guanidine groups is 1. The van der Waals surface area contributed by atoms with Crippen molar-refractivity contribution in [2.75, 3.05) is 21.1 Å². The summed E-state index contributed by atoms with van der Waals surface area (Å²) >= 11 is 0. The zero-order valence-corrected chi connectivity index (χ0v) is 16.0. The maximum absolute atomic E-state index is 13.9. The summed E-state index contributed by atoms with van der Waals surface area (Å²) in [4.78, 5) is 5.99. The zero-order chi connectivity index (χ0) is 20.0. The Morgan fingerprint density at radius 2 is 2.00 bits per heavy atom. The van der Waals surface area contributed by atoms with Crippen molar-refractivity contribution in [3.63, 3.8) is 0 Å². The molecular weight excluding hydrogens is 360 g/mol. The number of hydrogen-bond acceptors (Lipinski definition) is 2. The van der Waals surface area contributed by atoms with Gasteiger partial charge in [0.1, 0.15) is 5.82 Å². The fourth-order valence-electron chi connectivity index (χ4n) is 3.39. The van der Waals surface area contributed by atoms with Crippen LogP contribution < -0.4 is 10.6 Å². The van der Waals surface area contributed by atoms with Gasteiger partial charge in [-0.3, -0.25) is 4.99 Å². The molecule has 2 N–H and O–H groups in total. The highest BCUT2D eigenvalue weighted by atomic mass is 19.4. The average molecular weight is 388 g/mol. The summed E-state index contributed by atoms with van der Waals surface area (Å²) in [5.74, 6) is -1.05. The molecule has 1 saturated carbocycles. The van der Waals surface area contributed by atoms with E-state index in [2.05, 4.69) is 15.6 Å². The first kappa shape index (κ1) is 21.5. The lowest BCUT2D eigenvalue weighted by Crippen LogP contribution is -2.46. The van der Waals surface area contributed by atoms with Gasteiger partial charge in [-0.15, -0.1) is 0 Å². The number of aliphatic imine (C=N–C) groups is 1. The van der Waals surface area contributed by atoms with Crippen LogP contribution in [-0.4, -0.2) is 44.2 Å². The maximum atomic E-state index is 13.9. The van der Waals surface area contributed by atoms with E-state index in [1.54, 1.807) is 19.2 Å². The van der Waals surface area contributed by atoms with Gasteiger partial charge in [0.2, 0.25) is 0 Å². The summed E-state index contributed by atoms with van der Waals surface area (Å²) in [6, 6.07) is 4.65. The van der Waals surface area contributed by atoms with Crippen molar-refractivity contribution < 1.29 is 17.6 Å². The minimum atomic E-state index is -4.14. The van der Waals surface area contributed by atoms with Gasteiger partial charge in [0.05, 0.1) is 5.92 Å². The summed E-state index contributed by atoms with van der Waals surface area (Å²) in [7, 11) is 5.32. The van der Waals surface area contributed by atoms with Crippen LogP contribution in [0.15, 0.2) is 23.2 Å². The van der Waals surface area contributed by atoms with Crippen LogP contribution in [0.3, 0.4) is 0 Å². The van der Waals surface area contributed by atoms with E-state index < -0.39 is 12.1 Å². The Hall–Kier alpha value is -1.83. The van der Waals surface area contributed by atoms with E-state index >= 15 is 0 Å². The van der Waals surface area contributed by atoms with Gasteiger partial charge in [-0.2, -0.15) is 13.2 Å². The minimum absolute atomic E-state index is 0.0632. The summed E-state index contributed by atoms with van der Waals surface area (Å²) in [6.07, 6.45) is -2.65. The molecule has 2 rings (SSSR count). The van der Waals surface area contributed by atoms with Crippen LogP contribution in [0.5, 0.6) is 0 Å². The van der Waals surface area contributed by atoms with Crippen molar-refractivity contribution in [3.05, 3.63) is 35.1 Å². The standard InChI is InChI=1S/C19H28F4N4/c1-24-18(26-16-6-4-5-15(10-16)19(21,22)23)25-11-13-7-8-17(20)14(9-13)12-27(2)3/h7-9,15-16H,4-6,10-12H2,1-3H3,(H2,24,25,26). The molecule has 8 heteroatoms. The summed E-state index contributed by atoms with van der Waals surface area (Å²) in [5.41, 5.74) is 1.48. The van der Waals surface area contributed by atoms with E-state index in [9.17, 15) is 17.6 Å². The third kappa shape index (κ3) is 6.68. The van der Waals surface area contributed by atoms with Gasteiger partial charge >= 0.3 is 6.18 Å². The highest BCUT2D eigenvalue weighted by Crippen LogP contribution is 2.37. The normalized spacial score (nSPS) is 21.4. The van der Waals surface area contributed by atoms with E-state index in [-0.39, 0.29) is 24.7 Å². The molecule has 1 aliphatic rings. The second kappa shape index (κ2) is 9.39. The Balaban J connectivity index is 1.92. The number of halogens is 4. The van der Waals surface area contributed by atoms with Crippen LogP contribution in [0, 0.1) is 11.7 Å². The molecule has 0 spiro atoms. The number of nitrogens with one attached hydrogen (secondary N) is 2. The van der Waals surface area contributed by atoms with Crippen molar-refractivity contribution in [2.45, 2.75) is 51.0 Å². The largest absolute Gasteiger partial charge is 0.391 e. The molecule has 0 heterocycles. The number of hydrogen-bond donors (Lipinski definition) is 2. The van der Waals surface area contributed by atoms with Crippen molar-refractivity contribution in [1.29, 1.82) is 0 Å². The van der Waals surface area contributed by atoms with Crippen LogP contribution in [-0.2, 0) is 13.1 Å². The molecule has 0 aromatic heterocycles. The molecule has 1 aromatic rings. The fourth-order valence-corrected chi connectivity index (χ4v) is 3.39. The first-order chi connectivity index (χ1) is 12.7. The summed E-state index contributed by atoms with van der Waals surface area (Å²) < 4.78 is 52.7. The highest BCUT2D eigenvalue weighted by molar-refractivity contribution is 5.79. The molecule has 1 aromatic carbocycles. The van der Waals surface area contributed by atoms with Crippen LogP contribution in [0.2, 0.25) is 0 Å². The van der Waals surface area contributed by atoms with E-state index in [1.165, 1.54) is 6.07 Å². The topological polar surface area (TPSA) is 39.7 Å². The Bertz CT molecular complexity index is 643. The van der Waals surface area contributed by atoms with Gasteiger partial charge < -0.3 is 15.5 Å². The third-order valence-corrected chi connectivity index (χ3v) is 4.76. The van der Waals surface area contributed by atoms with Gasteiger partial charge in [0.25, 0.3) is 0 Å². The van der Waals surface area contributed by atoms with Crippen LogP contribution in [0.4, 0.5) is 17.6 Å². The predicted molar refractivity (Wildman–Crippen MR) is 98.9 cm³/mol. The van der Waals surface area contributed by atoms with Crippen molar-refractivity contribution >= 4 is 5.96 Å². The molecule has 0 radical (unpaired) electrons. The molecule has 1 fully saturated rings. The van der Waals surface area contributed by atoms with E-state index in [4.69, 9.17) is 0 Å². The lowest BCUT2D eigenvalue weighted by Gasteiger charge is -2.31. The fraction of sp³-hybridized carbons (Fsp3) is 0.632. The molecule has 0 saturated heterocycles. The molecule has 27 heavy (non-hydrogen) atoms. The molecule has 4 nitrogen and oxygen atoms in total. The molecule has 0 bridgehead atoms. The second-order valence-electron chi connectivity index (χ2n) is 7.34. The van der Waals surface area contributed by atoms with Gasteiger partial charge in [-0.1, -0.05) is 12.5 Å². The number of alkyl halides is 3. The first-order valence-corrected chi connectivity index (χ1v) is 9.15. The summed E-state index contributed by atoms with van der Waals surface area (Å²) in [6.45, 7) is 0.906. The molecular formula is C19H28F4N4. The zero-order valence-electron chi connectivity index (χ0n) is 16.0. The van der Waals surface area contributed by atoms with Crippen LogP contribution >= 0.6 is 0 Å². The number of nitrogens with zero attached hydrogens (tertiary/aromatic N) is 2. The quantitative estimate of drug-likeness (QED) is 0.459. The number of benzene rings is 1. The van der Waals surface area contributed by atoms with Crippen molar-refractivity contribution in [1.82, 2.24) is 15.5 Å². The van der Waals surface area contributed by atoms with Crippen LogP contribution in [0.1, 0.15) is 36.8 Å². The Labute approximate surface area is 158 Å². The van der Waals surface area contributed by atoms with Crippen molar-refractivity contribution in [3.8, 4) is 0 Å². The minimum Gasteiger partial charge on any atom is -0.354 e. The Morgan fingerprint density at radius 3 is 2.63 bits per heavy atom. The van der Waals surface area contributed by atoms with Gasteiger partial charge in [0.15, 0.2) is 5.96 Å². The van der Waals surface area contributed by atoms with Crippen LogP contribution in [0.25, 0.3) is 0 Å². The Morgan fingerprint density at radius 1 is 1.26 bits per heavy atom. The van der Waals surface area contributed by atoms with E-state index in [0.29, 0.717) is 37.5 Å². The smallest absolute Gasteiger partial charge is 0.354 e. The second-order valence-corrected chi connectivity index (χ2v) is 7.34. The average Bonchev–Trinajstić information content (AvgIpc) is 2.60. The maximum Gasteiger partial charge on any atom is 0.391 e. The Kier molecular flexibility index (Phi) is 7.47. The molecule has 2 atom stereocenters. The van der Waals surface area contributed by atoms with Crippen molar-refractivity contribution in [2.24, 2.45) is 10.9 Å². The molecule has 2 unspecified atom stereocenters.